The summed E-state index contributed by atoms with van der Waals surface area (Å²) in [5, 5.41) is 9.19. The SMILES string of the molecule is CCCCCCCc1ccc(-c2ccc(OC(=O)C(C)(C#N)CC)cc2)cc1. The van der Waals surface area contributed by atoms with Gasteiger partial charge in [-0.15, -0.1) is 0 Å². The maximum absolute atomic E-state index is 12.2. The highest BCUT2D eigenvalue weighted by molar-refractivity contribution is 5.81. The fourth-order valence-electron chi connectivity index (χ4n) is 3.00. The molecule has 0 spiro atoms. The number of aryl methyl sites for hydroxylation is 1. The number of rotatable bonds is 10. The Morgan fingerprint density at radius 3 is 2.04 bits per heavy atom. The maximum Gasteiger partial charge on any atom is 0.331 e. The first-order valence-corrected chi connectivity index (χ1v) is 10.4. The van der Waals surface area contributed by atoms with Gasteiger partial charge in [0.15, 0.2) is 5.41 Å². The van der Waals surface area contributed by atoms with Crippen LogP contribution in [0.25, 0.3) is 11.1 Å². The van der Waals surface area contributed by atoms with Gasteiger partial charge in [0.2, 0.25) is 0 Å². The average molecular weight is 378 g/mol. The third-order valence-corrected chi connectivity index (χ3v) is 5.33. The number of hydrogen-bond donors (Lipinski definition) is 0. The molecule has 2 rings (SSSR count). The minimum absolute atomic E-state index is 0.422. The minimum atomic E-state index is -1.11. The van der Waals surface area contributed by atoms with E-state index < -0.39 is 11.4 Å². The second-order valence-corrected chi connectivity index (χ2v) is 7.57. The average Bonchev–Trinajstić information content (AvgIpc) is 2.74. The smallest absolute Gasteiger partial charge is 0.331 e. The molecular formula is C25H31NO2. The van der Waals surface area contributed by atoms with Crippen molar-refractivity contribution in [2.45, 2.75) is 65.7 Å². The molecule has 28 heavy (non-hydrogen) atoms. The van der Waals surface area contributed by atoms with E-state index in [2.05, 4.69) is 31.2 Å². The summed E-state index contributed by atoms with van der Waals surface area (Å²) in [5.74, 6) is -0.0408. The van der Waals surface area contributed by atoms with Crippen molar-refractivity contribution in [3.63, 3.8) is 0 Å². The number of benzene rings is 2. The fourth-order valence-corrected chi connectivity index (χ4v) is 3.00. The molecule has 0 aromatic heterocycles. The normalized spacial score (nSPS) is 12.8. The standard InChI is InChI=1S/C25H31NO2/c1-4-6-7-8-9-10-20-11-13-21(14-12-20)22-15-17-23(18-16-22)28-24(27)25(3,5-2)19-26/h11-18H,4-10H2,1-3H3. The van der Waals surface area contributed by atoms with Gasteiger partial charge in [0.25, 0.3) is 0 Å². The van der Waals surface area contributed by atoms with E-state index in [0.717, 1.165) is 17.5 Å². The molecule has 0 bridgehead atoms. The highest BCUT2D eigenvalue weighted by atomic mass is 16.5. The Labute approximate surface area is 169 Å². The topological polar surface area (TPSA) is 50.1 Å². The van der Waals surface area contributed by atoms with Crippen molar-refractivity contribution in [3.8, 4) is 22.9 Å². The first-order valence-electron chi connectivity index (χ1n) is 10.4. The largest absolute Gasteiger partial charge is 0.425 e. The Hall–Kier alpha value is -2.60. The lowest BCUT2D eigenvalue weighted by Crippen LogP contribution is -2.29. The van der Waals surface area contributed by atoms with Crippen molar-refractivity contribution in [2.24, 2.45) is 5.41 Å². The van der Waals surface area contributed by atoms with Crippen LogP contribution in [0.2, 0.25) is 0 Å². The lowest BCUT2D eigenvalue weighted by molar-refractivity contribution is -0.141. The zero-order valence-electron chi connectivity index (χ0n) is 17.3. The molecule has 148 valence electrons. The molecule has 0 aliphatic carbocycles. The molecule has 0 heterocycles. The number of carbonyl (C=O) groups excluding carboxylic acids is 1. The van der Waals surface area contributed by atoms with Gasteiger partial charge < -0.3 is 4.74 Å². The molecule has 0 amide bonds. The Balaban J connectivity index is 1.94. The van der Waals surface area contributed by atoms with Crippen LogP contribution in [-0.4, -0.2) is 5.97 Å². The van der Waals surface area contributed by atoms with Crippen molar-refractivity contribution < 1.29 is 9.53 Å². The summed E-state index contributed by atoms with van der Waals surface area (Å²) in [6.07, 6.45) is 8.05. The van der Waals surface area contributed by atoms with Crippen molar-refractivity contribution in [1.29, 1.82) is 5.26 Å². The van der Waals surface area contributed by atoms with E-state index in [0.29, 0.717) is 12.2 Å². The summed E-state index contributed by atoms with van der Waals surface area (Å²) in [7, 11) is 0. The van der Waals surface area contributed by atoms with Crippen LogP contribution in [0, 0.1) is 16.7 Å². The van der Waals surface area contributed by atoms with E-state index in [1.165, 1.54) is 37.7 Å². The van der Waals surface area contributed by atoms with E-state index in [4.69, 9.17) is 4.74 Å². The molecule has 2 aromatic rings. The van der Waals surface area contributed by atoms with Crippen LogP contribution in [0.15, 0.2) is 48.5 Å². The fraction of sp³-hybridized carbons (Fsp3) is 0.440. The zero-order chi connectivity index (χ0) is 20.4. The van der Waals surface area contributed by atoms with E-state index in [9.17, 15) is 10.1 Å². The van der Waals surface area contributed by atoms with Crippen LogP contribution < -0.4 is 4.74 Å². The molecule has 3 nitrogen and oxygen atoms in total. The monoisotopic (exact) mass is 377 g/mol. The van der Waals surface area contributed by atoms with Crippen molar-refractivity contribution >= 4 is 5.97 Å². The third-order valence-electron chi connectivity index (χ3n) is 5.33. The molecule has 0 fully saturated rings. The zero-order valence-corrected chi connectivity index (χ0v) is 17.3. The van der Waals surface area contributed by atoms with Gasteiger partial charge in [0, 0.05) is 0 Å². The van der Waals surface area contributed by atoms with E-state index in [1.807, 2.05) is 25.1 Å². The van der Waals surface area contributed by atoms with Gasteiger partial charge in [0.1, 0.15) is 5.75 Å². The first-order chi connectivity index (χ1) is 13.5. The molecule has 1 atom stereocenters. The highest BCUT2D eigenvalue weighted by Gasteiger charge is 2.33. The number of ether oxygens (including phenoxy) is 1. The van der Waals surface area contributed by atoms with Crippen LogP contribution in [0.4, 0.5) is 0 Å². The van der Waals surface area contributed by atoms with Gasteiger partial charge in [0.05, 0.1) is 6.07 Å². The molecule has 2 aromatic carbocycles. The molecule has 0 aliphatic heterocycles. The second-order valence-electron chi connectivity index (χ2n) is 7.57. The predicted molar refractivity (Wildman–Crippen MR) is 114 cm³/mol. The molecular weight excluding hydrogens is 346 g/mol. The molecule has 0 saturated heterocycles. The second kappa shape index (κ2) is 10.7. The minimum Gasteiger partial charge on any atom is -0.425 e. The van der Waals surface area contributed by atoms with Crippen molar-refractivity contribution in [2.75, 3.05) is 0 Å². The molecule has 0 radical (unpaired) electrons. The number of esters is 1. The number of unbranched alkanes of at least 4 members (excludes halogenated alkanes) is 4. The quantitative estimate of drug-likeness (QED) is 0.262. The molecule has 3 heteroatoms. The summed E-state index contributed by atoms with van der Waals surface area (Å²) in [6, 6.07) is 18.2. The van der Waals surface area contributed by atoms with Crippen LogP contribution >= 0.6 is 0 Å². The summed E-state index contributed by atoms with van der Waals surface area (Å²) in [5.41, 5.74) is 2.49. The number of nitriles is 1. The summed E-state index contributed by atoms with van der Waals surface area (Å²) in [6.45, 7) is 5.65. The predicted octanol–water partition coefficient (Wildman–Crippen LogP) is 6.71. The number of hydrogen-bond acceptors (Lipinski definition) is 3. The van der Waals surface area contributed by atoms with E-state index >= 15 is 0 Å². The first kappa shape index (κ1) is 21.7. The van der Waals surface area contributed by atoms with E-state index in [-0.39, 0.29) is 0 Å². The highest BCUT2D eigenvalue weighted by Crippen LogP contribution is 2.26. The summed E-state index contributed by atoms with van der Waals surface area (Å²) >= 11 is 0. The molecule has 0 N–H and O–H groups in total. The molecule has 1 unspecified atom stereocenters. The van der Waals surface area contributed by atoms with Crippen molar-refractivity contribution in [1.82, 2.24) is 0 Å². The summed E-state index contributed by atoms with van der Waals surface area (Å²) in [4.78, 5) is 12.2. The van der Waals surface area contributed by atoms with Gasteiger partial charge in [-0.3, -0.25) is 0 Å². The lowest BCUT2D eigenvalue weighted by atomic mass is 9.90. The summed E-state index contributed by atoms with van der Waals surface area (Å²) < 4.78 is 5.38. The van der Waals surface area contributed by atoms with Gasteiger partial charge in [-0.2, -0.15) is 5.26 Å². The van der Waals surface area contributed by atoms with Gasteiger partial charge >= 0.3 is 5.97 Å². The van der Waals surface area contributed by atoms with Gasteiger partial charge in [-0.05, 0) is 55.0 Å². The Kier molecular flexibility index (Phi) is 8.26. The lowest BCUT2D eigenvalue weighted by Gasteiger charge is -2.17. The number of nitrogens with zero attached hydrogens (tertiary/aromatic N) is 1. The third kappa shape index (κ3) is 5.96. The van der Waals surface area contributed by atoms with Crippen LogP contribution in [-0.2, 0) is 11.2 Å². The van der Waals surface area contributed by atoms with Crippen LogP contribution in [0.3, 0.4) is 0 Å². The van der Waals surface area contributed by atoms with Crippen LogP contribution in [0.1, 0.15) is 64.9 Å². The Morgan fingerprint density at radius 1 is 0.929 bits per heavy atom. The molecule has 0 aliphatic rings. The van der Waals surface area contributed by atoms with Gasteiger partial charge in [-0.25, -0.2) is 4.79 Å². The van der Waals surface area contributed by atoms with Crippen molar-refractivity contribution in [3.05, 3.63) is 54.1 Å². The van der Waals surface area contributed by atoms with Gasteiger partial charge in [-0.1, -0.05) is 75.9 Å². The van der Waals surface area contributed by atoms with E-state index in [1.54, 1.807) is 19.1 Å². The Morgan fingerprint density at radius 2 is 1.50 bits per heavy atom. The molecule has 0 saturated carbocycles. The number of carbonyl (C=O) groups is 1. The van der Waals surface area contributed by atoms with Crippen LogP contribution in [0.5, 0.6) is 5.75 Å². The Bertz CT molecular complexity index is 787. The maximum atomic E-state index is 12.2.